The van der Waals surface area contributed by atoms with E-state index in [1.165, 1.54) is 0 Å². The predicted molar refractivity (Wildman–Crippen MR) is 85.0 cm³/mol. The lowest BCUT2D eigenvalue weighted by atomic mass is 10.1. The zero-order chi connectivity index (χ0) is 16.1. The maximum absolute atomic E-state index is 12.2. The van der Waals surface area contributed by atoms with E-state index in [4.69, 9.17) is 10.5 Å². The first-order valence-corrected chi connectivity index (χ1v) is 6.83. The second-order valence-corrected chi connectivity index (χ2v) is 4.98. The fourth-order valence-electron chi connectivity index (χ4n) is 2.13. The summed E-state index contributed by atoms with van der Waals surface area (Å²) in [6.45, 7) is 1.88. The van der Waals surface area contributed by atoms with E-state index in [2.05, 4.69) is 5.32 Å². The van der Waals surface area contributed by atoms with Crippen LogP contribution in [0.1, 0.15) is 21.5 Å². The van der Waals surface area contributed by atoms with E-state index in [-0.39, 0.29) is 18.2 Å². The third-order valence-electron chi connectivity index (χ3n) is 3.25. The molecule has 0 aliphatic heterocycles. The van der Waals surface area contributed by atoms with Crippen molar-refractivity contribution in [3.8, 4) is 5.75 Å². The van der Waals surface area contributed by atoms with Crippen LogP contribution in [-0.4, -0.2) is 18.9 Å². The van der Waals surface area contributed by atoms with Gasteiger partial charge in [0.2, 0.25) is 5.91 Å². The van der Waals surface area contributed by atoms with E-state index in [1.54, 1.807) is 49.6 Å². The topological polar surface area (TPSA) is 81.4 Å². The average molecular weight is 298 g/mol. The summed E-state index contributed by atoms with van der Waals surface area (Å²) in [5.74, 6) is 0.159. The normalized spacial score (nSPS) is 10.1. The van der Waals surface area contributed by atoms with Gasteiger partial charge in [-0.2, -0.15) is 0 Å². The number of anilines is 1. The van der Waals surface area contributed by atoms with Crippen LogP contribution in [0.2, 0.25) is 0 Å². The zero-order valence-corrected chi connectivity index (χ0v) is 12.6. The summed E-state index contributed by atoms with van der Waals surface area (Å²) in [5.41, 5.74) is 8.06. The van der Waals surface area contributed by atoms with Crippen LogP contribution < -0.4 is 15.8 Å². The number of carbonyl (C=O) groups is 2. The van der Waals surface area contributed by atoms with Gasteiger partial charge in [0.05, 0.1) is 13.5 Å². The summed E-state index contributed by atoms with van der Waals surface area (Å²) in [6, 6.07) is 12.3. The molecule has 5 heteroatoms. The second kappa shape index (κ2) is 6.76. The van der Waals surface area contributed by atoms with Crippen molar-refractivity contribution in [1.29, 1.82) is 0 Å². The van der Waals surface area contributed by atoms with Crippen molar-refractivity contribution in [2.24, 2.45) is 5.73 Å². The molecule has 0 aromatic heterocycles. The van der Waals surface area contributed by atoms with Gasteiger partial charge in [0, 0.05) is 11.3 Å². The molecule has 2 amide bonds. The number of nitrogens with one attached hydrogen (secondary N) is 1. The van der Waals surface area contributed by atoms with Gasteiger partial charge < -0.3 is 15.8 Å². The highest BCUT2D eigenvalue weighted by Crippen LogP contribution is 2.19. The Morgan fingerprint density at radius 3 is 2.36 bits per heavy atom. The van der Waals surface area contributed by atoms with Crippen LogP contribution in [0.15, 0.2) is 42.5 Å². The molecule has 0 fully saturated rings. The number of carbonyl (C=O) groups excluding carboxylic acids is 2. The molecular weight excluding hydrogens is 280 g/mol. The Labute approximate surface area is 129 Å². The number of nitrogens with two attached hydrogens (primary N) is 1. The maximum atomic E-state index is 12.2. The lowest BCUT2D eigenvalue weighted by Crippen LogP contribution is -2.14. The Bertz CT molecular complexity index is 694. The standard InChI is InChI=1S/C17H18N2O3/c1-11-9-13(5-8-15(11)22-2)17(21)19-14-6-3-12(4-7-14)10-16(18)20/h3-9H,10H2,1-2H3,(H2,18,20)(H,19,21). The van der Waals surface area contributed by atoms with Gasteiger partial charge in [-0.05, 0) is 48.4 Å². The summed E-state index contributed by atoms with van der Waals surface area (Å²) in [5, 5.41) is 2.81. The van der Waals surface area contributed by atoms with Crippen molar-refractivity contribution < 1.29 is 14.3 Å². The molecule has 0 heterocycles. The third-order valence-corrected chi connectivity index (χ3v) is 3.25. The number of aryl methyl sites for hydroxylation is 1. The first-order valence-electron chi connectivity index (χ1n) is 6.83. The van der Waals surface area contributed by atoms with E-state index >= 15 is 0 Å². The van der Waals surface area contributed by atoms with Crippen molar-refractivity contribution in [2.45, 2.75) is 13.3 Å². The lowest BCUT2D eigenvalue weighted by molar-refractivity contribution is -0.117. The number of rotatable bonds is 5. The number of ether oxygens (including phenoxy) is 1. The second-order valence-electron chi connectivity index (χ2n) is 4.98. The van der Waals surface area contributed by atoms with Crippen LogP contribution in [0.25, 0.3) is 0 Å². The van der Waals surface area contributed by atoms with E-state index in [0.717, 1.165) is 16.9 Å². The molecule has 0 aliphatic carbocycles. The molecule has 5 nitrogen and oxygen atoms in total. The summed E-state index contributed by atoms with van der Waals surface area (Å²) in [4.78, 5) is 23.0. The molecule has 0 saturated carbocycles. The Kier molecular flexibility index (Phi) is 4.78. The summed E-state index contributed by atoms with van der Waals surface area (Å²) in [7, 11) is 1.59. The molecule has 22 heavy (non-hydrogen) atoms. The van der Waals surface area contributed by atoms with Gasteiger partial charge in [-0.15, -0.1) is 0 Å². The lowest BCUT2D eigenvalue weighted by Gasteiger charge is -2.09. The molecule has 3 N–H and O–H groups in total. The Morgan fingerprint density at radius 2 is 1.82 bits per heavy atom. The molecule has 0 atom stereocenters. The van der Waals surface area contributed by atoms with Gasteiger partial charge in [-0.25, -0.2) is 0 Å². The Morgan fingerprint density at radius 1 is 1.14 bits per heavy atom. The number of amides is 2. The highest BCUT2D eigenvalue weighted by molar-refractivity contribution is 6.04. The van der Waals surface area contributed by atoms with E-state index in [0.29, 0.717) is 11.3 Å². The van der Waals surface area contributed by atoms with Crippen LogP contribution in [0, 0.1) is 6.92 Å². The fraction of sp³-hybridized carbons (Fsp3) is 0.176. The Hall–Kier alpha value is -2.82. The van der Waals surface area contributed by atoms with Gasteiger partial charge >= 0.3 is 0 Å². The molecule has 0 spiro atoms. The van der Waals surface area contributed by atoms with E-state index in [1.807, 2.05) is 6.92 Å². The van der Waals surface area contributed by atoms with Crippen LogP contribution in [-0.2, 0) is 11.2 Å². The zero-order valence-electron chi connectivity index (χ0n) is 12.6. The van der Waals surface area contributed by atoms with Crippen LogP contribution >= 0.6 is 0 Å². The molecule has 0 saturated heterocycles. The van der Waals surface area contributed by atoms with Crippen molar-refractivity contribution in [3.05, 3.63) is 59.2 Å². The number of hydrogen-bond donors (Lipinski definition) is 2. The molecule has 0 unspecified atom stereocenters. The van der Waals surface area contributed by atoms with E-state index < -0.39 is 0 Å². The summed E-state index contributed by atoms with van der Waals surface area (Å²) >= 11 is 0. The minimum absolute atomic E-state index is 0.186. The van der Waals surface area contributed by atoms with E-state index in [9.17, 15) is 9.59 Å². The van der Waals surface area contributed by atoms with Crippen LogP contribution in [0.3, 0.4) is 0 Å². The molecule has 0 bridgehead atoms. The average Bonchev–Trinajstić information content (AvgIpc) is 2.48. The van der Waals surface area contributed by atoms with Crippen molar-refractivity contribution in [3.63, 3.8) is 0 Å². The van der Waals surface area contributed by atoms with Gasteiger partial charge in [-0.3, -0.25) is 9.59 Å². The number of benzene rings is 2. The summed E-state index contributed by atoms with van der Waals surface area (Å²) < 4.78 is 5.17. The highest BCUT2D eigenvalue weighted by atomic mass is 16.5. The van der Waals surface area contributed by atoms with Crippen molar-refractivity contribution in [1.82, 2.24) is 0 Å². The van der Waals surface area contributed by atoms with Gasteiger partial charge in [0.15, 0.2) is 0 Å². The maximum Gasteiger partial charge on any atom is 0.255 e. The first kappa shape index (κ1) is 15.6. The quantitative estimate of drug-likeness (QED) is 0.888. The first-order chi connectivity index (χ1) is 10.5. The molecule has 2 rings (SSSR count). The van der Waals surface area contributed by atoms with Gasteiger partial charge in [0.1, 0.15) is 5.75 Å². The third kappa shape index (κ3) is 3.85. The number of hydrogen-bond acceptors (Lipinski definition) is 3. The van der Waals surface area contributed by atoms with Crippen LogP contribution in [0.5, 0.6) is 5.75 Å². The number of methoxy groups -OCH3 is 1. The van der Waals surface area contributed by atoms with Gasteiger partial charge in [-0.1, -0.05) is 12.1 Å². The highest BCUT2D eigenvalue weighted by Gasteiger charge is 2.08. The monoisotopic (exact) mass is 298 g/mol. The SMILES string of the molecule is COc1ccc(C(=O)Nc2ccc(CC(N)=O)cc2)cc1C. The van der Waals surface area contributed by atoms with Crippen molar-refractivity contribution >= 4 is 17.5 Å². The smallest absolute Gasteiger partial charge is 0.255 e. The molecule has 2 aromatic carbocycles. The molecule has 0 aliphatic rings. The van der Waals surface area contributed by atoms with Crippen LogP contribution in [0.4, 0.5) is 5.69 Å². The largest absolute Gasteiger partial charge is 0.496 e. The summed E-state index contributed by atoms with van der Waals surface area (Å²) in [6.07, 6.45) is 0.186. The minimum Gasteiger partial charge on any atom is -0.496 e. The molecular formula is C17H18N2O3. The molecule has 2 aromatic rings. The molecule has 0 radical (unpaired) electrons. The Balaban J connectivity index is 2.08. The fourth-order valence-corrected chi connectivity index (χ4v) is 2.13. The molecule has 114 valence electrons. The number of primary amides is 1. The van der Waals surface area contributed by atoms with Crippen molar-refractivity contribution in [2.75, 3.05) is 12.4 Å². The minimum atomic E-state index is -0.384. The predicted octanol–water partition coefficient (Wildman–Crippen LogP) is 2.28. The van der Waals surface area contributed by atoms with Gasteiger partial charge in [0.25, 0.3) is 5.91 Å².